The molecule has 1 N–H and O–H groups in total. The molecular weight excluding hydrogens is 182 g/mol. The Labute approximate surface area is 83.6 Å². The molecule has 1 atom stereocenters. The SMILES string of the molecule is CC1(C)CC(C(=O)N=N)C(C)(C)N1[O]. The van der Waals surface area contributed by atoms with E-state index < -0.39 is 22.9 Å². The Balaban J connectivity index is 3.02. The first-order valence-electron chi connectivity index (χ1n) is 4.62. The third kappa shape index (κ3) is 1.46. The molecule has 1 radical (unpaired) electrons. The summed E-state index contributed by atoms with van der Waals surface area (Å²) in [5.41, 5.74) is 5.39. The molecule has 0 aromatic rings. The van der Waals surface area contributed by atoms with Crippen LogP contribution in [0.1, 0.15) is 34.1 Å². The van der Waals surface area contributed by atoms with Gasteiger partial charge in [-0.25, -0.2) is 5.53 Å². The summed E-state index contributed by atoms with van der Waals surface area (Å²) >= 11 is 0. The van der Waals surface area contributed by atoms with Gasteiger partial charge in [-0.05, 0) is 34.1 Å². The summed E-state index contributed by atoms with van der Waals surface area (Å²) in [6.45, 7) is 7.06. The number of nitrogens with zero attached hydrogens (tertiary/aromatic N) is 2. The van der Waals surface area contributed by atoms with Gasteiger partial charge in [0.15, 0.2) is 0 Å². The molecule has 1 unspecified atom stereocenters. The molecule has 0 spiro atoms. The average Bonchev–Trinajstić information content (AvgIpc) is 2.25. The van der Waals surface area contributed by atoms with E-state index in [4.69, 9.17) is 5.53 Å². The maximum absolute atomic E-state index is 11.8. The lowest BCUT2D eigenvalue weighted by Crippen LogP contribution is -2.47. The number of hydrogen-bond acceptors (Lipinski definition) is 3. The molecule has 5 nitrogen and oxygen atoms in total. The first-order valence-corrected chi connectivity index (χ1v) is 4.62. The van der Waals surface area contributed by atoms with E-state index in [1.807, 2.05) is 0 Å². The Morgan fingerprint density at radius 1 is 1.43 bits per heavy atom. The van der Waals surface area contributed by atoms with Crippen LogP contribution >= 0.6 is 0 Å². The number of hydrogen-bond donors (Lipinski definition) is 1. The highest BCUT2D eigenvalue weighted by Gasteiger charge is 2.55. The Morgan fingerprint density at radius 3 is 2.21 bits per heavy atom. The minimum Gasteiger partial charge on any atom is -0.271 e. The lowest BCUT2D eigenvalue weighted by Gasteiger charge is -2.32. The average molecular weight is 198 g/mol. The predicted octanol–water partition coefficient (Wildman–Crippen LogP) is 1.77. The van der Waals surface area contributed by atoms with E-state index in [0.29, 0.717) is 6.42 Å². The van der Waals surface area contributed by atoms with Gasteiger partial charge < -0.3 is 0 Å². The minimum atomic E-state index is -0.759. The summed E-state index contributed by atoms with van der Waals surface area (Å²) in [6.07, 6.45) is 0.463. The van der Waals surface area contributed by atoms with Crippen LogP contribution in [0, 0.1) is 11.4 Å². The van der Waals surface area contributed by atoms with E-state index in [1.165, 1.54) is 0 Å². The molecule has 1 aliphatic rings. The summed E-state index contributed by atoms with van der Waals surface area (Å²) in [7, 11) is 0. The lowest BCUT2D eigenvalue weighted by atomic mass is 9.86. The highest BCUT2D eigenvalue weighted by atomic mass is 16.5. The maximum Gasteiger partial charge on any atom is 0.269 e. The number of amides is 1. The van der Waals surface area contributed by atoms with Crippen molar-refractivity contribution in [3.63, 3.8) is 0 Å². The smallest absolute Gasteiger partial charge is 0.269 e. The summed E-state index contributed by atoms with van der Waals surface area (Å²) in [6, 6.07) is 0. The molecule has 0 aliphatic carbocycles. The van der Waals surface area contributed by atoms with Crippen molar-refractivity contribution in [2.24, 2.45) is 11.0 Å². The van der Waals surface area contributed by atoms with Crippen molar-refractivity contribution in [1.82, 2.24) is 5.06 Å². The second-order valence-corrected chi connectivity index (χ2v) is 4.97. The highest BCUT2D eigenvalue weighted by molar-refractivity contribution is 5.80. The lowest BCUT2D eigenvalue weighted by molar-refractivity contribution is -0.247. The molecular formula is C9H16N3O2. The molecule has 0 aromatic carbocycles. The molecule has 79 valence electrons. The minimum absolute atomic E-state index is 0.463. The van der Waals surface area contributed by atoms with Gasteiger partial charge in [-0.15, -0.1) is 15.4 Å². The number of rotatable bonds is 1. The van der Waals surface area contributed by atoms with Crippen LogP contribution in [-0.2, 0) is 10.0 Å². The first-order chi connectivity index (χ1) is 6.23. The molecule has 1 aliphatic heterocycles. The van der Waals surface area contributed by atoms with Crippen molar-refractivity contribution < 1.29 is 10.0 Å². The predicted molar refractivity (Wildman–Crippen MR) is 48.9 cm³/mol. The number of nitrogens with one attached hydrogen (secondary N) is 1. The van der Waals surface area contributed by atoms with Crippen molar-refractivity contribution in [1.29, 1.82) is 5.53 Å². The van der Waals surface area contributed by atoms with Crippen LogP contribution in [0.4, 0.5) is 0 Å². The molecule has 0 saturated carbocycles. The molecule has 1 amide bonds. The zero-order valence-electron chi connectivity index (χ0n) is 9.00. The second-order valence-electron chi connectivity index (χ2n) is 4.97. The van der Waals surface area contributed by atoms with Crippen LogP contribution in [0.25, 0.3) is 0 Å². The fourth-order valence-corrected chi connectivity index (χ4v) is 2.22. The normalized spacial score (nSPS) is 30.2. The number of hydroxylamine groups is 2. The van der Waals surface area contributed by atoms with Crippen molar-refractivity contribution in [2.75, 3.05) is 0 Å². The largest absolute Gasteiger partial charge is 0.271 e. The first kappa shape index (κ1) is 11.3. The quantitative estimate of drug-likeness (QED) is 0.652. The zero-order chi connectivity index (χ0) is 11.1. The van der Waals surface area contributed by atoms with Crippen LogP contribution in [0.3, 0.4) is 0 Å². The Morgan fingerprint density at radius 2 is 1.93 bits per heavy atom. The van der Waals surface area contributed by atoms with E-state index in [2.05, 4.69) is 5.11 Å². The number of carbonyl (C=O) groups excluding carboxylic acids is 1. The van der Waals surface area contributed by atoms with Gasteiger partial charge in [-0.1, -0.05) is 0 Å². The maximum atomic E-state index is 11.8. The van der Waals surface area contributed by atoms with Gasteiger partial charge in [0.1, 0.15) is 0 Å². The van der Waals surface area contributed by atoms with Crippen LogP contribution in [0.2, 0.25) is 0 Å². The van der Waals surface area contributed by atoms with Crippen molar-refractivity contribution in [3.8, 4) is 0 Å². The van der Waals surface area contributed by atoms with E-state index in [1.54, 1.807) is 27.7 Å². The van der Waals surface area contributed by atoms with Crippen LogP contribution < -0.4 is 0 Å². The molecule has 14 heavy (non-hydrogen) atoms. The summed E-state index contributed by atoms with van der Waals surface area (Å²) in [5, 5.41) is 15.7. The number of carbonyl (C=O) groups is 1. The van der Waals surface area contributed by atoms with Gasteiger partial charge in [0.05, 0.1) is 11.5 Å². The molecule has 1 fully saturated rings. The van der Waals surface area contributed by atoms with E-state index in [9.17, 15) is 10.0 Å². The third-order valence-electron chi connectivity index (χ3n) is 3.04. The van der Waals surface area contributed by atoms with Crippen molar-refractivity contribution in [2.45, 2.75) is 45.2 Å². The van der Waals surface area contributed by atoms with E-state index in [0.717, 1.165) is 5.06 Å². The Bertz CT molecular complexity index is 273. The fraction of sp³-hybridized carbons (Fsp3) is 0.889. The Kier molecular flexibility index (Phi) is 2.49. The molecule has 1 rings (SSSR count). The summed E-state index contributed by atoms with van der Waals surface area (Å²) in [4.78, 5) is 11.3. The summed E-state index contributed by atoms with van der Waals surface area (Å²) < 4.78 is 0. The van der Waals surface area contributed by atoms with Crippen LogP contribution in [-0.4, -0.2) is 22.0 Å². The van der Waals surface area contributed by atoms with Crippen LogP contribution in [0.15, 0.2) is 5.11 Å². The van der Waals surface area contributed by atoms with Crippen molar-refractivity contribution in [3.05, 3.63) is 0 Å². The molecule has 5 heteroatoms. The Hall–Kier alpha value is -0.810. The highest BCUT2D eigenvalue weighted by Crippen LogP contribution is 2.44. The summed E-state index contributed by atoms with van der Waals surface area (Å²) in [5.74, 6) is -0.964. The van der Waals surface area contributed by atoms with Gasteiger partial charge in [-0.3, -0.25) is 4.79 Å². The third-order valence-corrected chi connectivity index (χ3v) is 3.04. The van der Waals surface area contributed by atoms with Gasteiger partial charge >= 0.3 is 0 Å². The van der Waals surface area contributed by atoms with Gasteiger partial charge in [0, 0.05) is 5.54 Å². The van der Waals surface area contributed by atoms with Crippen LogP contribution in [0.5, 0.6) is 0 Å². The van der Waals surface area contributed by atoms with Gasteiger partial charge in [0.2, 0.25) is 0 Å². The van der Waals surface area contributed by atoms with Gasteiger partial charge in [-0.2, -0.15) is 0 Å². The van der Waals surface area contributed by atoms with Gasteiger partial charge in [0.25, 0.3) is 5.91 Å². The second kappa shape index (κ2) is 3.10. The zero-order valence-corrected chi connectivity index (χ0v) is 9.00. The molecule has 1 heterocycles. The molecule has 1 saturated heterocycles. The topological polar surface area (TPSA) is 76.4 Å². The van der Waals surface area contributed by atoms with E-state index in [-0.39, 0.29) is 0 Å². The standard InChI is InChI=1S/C9H16N3O2/c1-8(2)5-6(7(13)11-10)9(3,4)12(8)14/h6,10H,5H2,1-4H3. The van der Waals surface area contributed by atoms with E-state index >= 15 is 0 Å². The molecule has 0 aromatic heterocycles. The monoisotopic (exact) mass is 198 g/mol. The van der Waals surface area contributed by atoms with Crippen molar-refractivity contribution >= 4 is 5.91 Å². The fourth-order valence-electron chi connectivity index (χ4n) is 2.22. The molecule has 0 bridgehead atoms.